The number of aliphatic hydroxyl groups excluding tert-OH is 1. The van der Waals surface area contributed by atoms with Crippen LogP contribution in [-0.4, -0.2) is 21.5 Å². The minimum Gasteiger partial charge on any atom is -0.394 e. The second-order valence-electron chi connectivity index (χ2n) is 8.12. The number of rotatable bonds is 6. The van der Waals surface area contributed by atoms with Crippen molar-refractivity contribution >= 4 is 22.0 Å². The van der Waals surface area contributed by atoms with Crippen LogP contribution in [0.4, 0.5) is 4.39 Å². The van der Waals surface area contributed by atoms with Gasteiger partial charge in [0.05, 0.1) is 24.1 Å². The first-order valence-corrected chi connectivity index (χ1v) is 10.9. The van der Waals surface area contributed by atoms with E-state index in [0.717, 1.165) is 16.7 Å². The summed E-state index contributed by atoms with van der Waals surface area (Å²) in [6.45, 7) is 0.200. The van der Waals surface area contributed by atoms with Crippen molar-refractivity contribution in [1.82, 2.24) is 9.78 Å². The maximum atomic E-state index is 14.7. The van der Waals surface area contributed by atoms with E-state index in [9.17, 15) is 9.50 Å². The van der Waals surface area contributed by atoms with Crippen LogP contribution in [0.3, 0.4) is 0 Å². The molecule has 0 bridgehead atoms. The molecular weight excluding hydrogens is 387 g/mol. The summed E-state index contributed by atoms with van der Waals surface area (Å²) in [6.07, 6.45) is 3.59. The summed E-state index contributed by atoms with van der Waals surface area (Å²) in [6, 6.07) is 26.8. The highest BCUT2D eigenvalue weighted by Gasteiger charge is 2.27. The number of nitrogens with zero attached hydrogens (tertiary/aromatic N) is 2. The van der Waals surface area contributed by atoms with Gasteiger partial charge in [0.1, 0.15) is 0 Å². The Morgan fingerprint density at radius 1 is 0.903 bits per heavy atom. The molecule has 0 spiro atoms. The van der Waals surface area contributed by atoms with Gasteiger partial charge in [0.2, 0.25) is 5.95 Å². The van der Waals surface area contributed by atoms with Gasteiger partial charge in [-0.05, 0) is 58.7 Å². The van der Waals surface area contributed by atoms with E-state index in [4.69, 9.17) is 0 Å². The van der Waals surface area contributed by atoms with Crippen molar-refractivity contribution < 1.29 is 9.50 Å². The highest BCUT2D eigenvalue weighted by Crippen LogP contribution is 2.45. The second kappa shape index (κ2) is 8.48. The zero-order chi connectivity index (χ0) is 21.2. The smallest absolute Gasteiger partial charge is 0.240 e. The highest BCUT2D eigenvalue weighted by atomic mass is 19.1. The number of hydrogen-bond acceptors (Lipinski definition) is 2. The lowest BCUT2D eigenvalue weighted by atomic mass is 9.73. The van der Waals surface area contributed by atoms with Crippen LogP contribution < -0.4 is 0 Å². The summed E-state index contributed by atoms with van der Waals surface area (Å²) >= 11 is 0. The van der Waals surface area contributed by atoms with Crippen molar-refractivity contribution in [1.29, 1.82) is 0 Å². The quantitative estimate of drug-likeness (QED) is 0.399. The van der Waals surface area contributed by atoms with Crippen LogP contribution in [0.2, 0.25) is 0 Å². The van der Waals surface area contributed by atoms with Gasteiger partial charge < -0.3 is 5.11 Å². The predicted molar refractivity (Wildman–Crippen MR) is 123 cm³/mol. The molecule has 1 heterocycles. The lowest BCUT2D eigenvalue weighted by Crippen LogP contribution is -2.15. The molecule has 0 aliphatic heterocycles. The molecule has 1 aliphatic rings. The van der Waals surface area contributed by atoms with Crippen LogP contribution in [-0.2, 0) is 6.54 Å². The number of benzene rings is 3. The number of aromatic nitrogens is 2. The molecule has 0 radical (unpaired) electrons. The summed E-state index contributed by atoms with van der Waals surface area (Å²) in [5.74, 6) is -0.00196. The Morgan fingerprint density at radius 3 is 2.19 bits per heavy atom. The first kappa shape index (κ1) is 19.7. The van der Waals surface area contributed by atoms with Crippen LogP contribution in [0.1, 0.15) is 36.0 Å². The molecule has 3 nitrogen and oxygen atoms in total. The molecule has 3 aromatic carbocycles. The molecule has 4 aromatic rings. The minimum atomic E-state index is -0.498. The minimum absolute atomic E-state index is 0.0764. The molecule has 1 saturated carbocycles. The van der Waals surface area contributed by atoms with E-state index in [1.165, 1.54) is 35.1 Å². The molecular formula is C27H25FN2O. The number of halogens is 1. The molecule has 4 heteroatoms. The van der Waals surface area contributed by atoms with Crippen molar-refractivity contribution in [3.63, 3.8) is 0 Å². The Kier molecular flexibility index (Phi) is 5.39. The van der Waals surface area contributed by atoms with Gasteiger partial charge in [-0.2, -0.15) is 4.39 Å². The number of hydrogen-bond donors (Lipinski definition) is 1. The van der Waals surface area contributed by atoms with Crippen molar-refractivity contribution in [2.24, 2.45) is 5.92 Å². The molecule has 0 amide bonds. The van der Waals surface area contributed by atoms with Gasteiger partial charge in [0.25, 0.3) is 0 Å². The van der Waals surface area contributed by atoms with Crippen LogP contribution in [0, 0.1) is 11.9 Å². The Balaban J connectivity index is 1.77. The number of allylic oxidation sites excluding steroid dienone is 1. The maximum absolute atomic E-state index is 14.7. The van der Waals surface area contributed by atoms with E-state index in [2.05, 4.69) is 59.7 Å². The molecule has 1 fully saturated rings. The average molecular weight is 413 g/mol. The fourth-order valence-corrected chi connectivity index (χ4v) is 4.54. The summed E-state index contributed by atoms with van der Waals surface area (Å²) < 4.78 is 16.2. The standard InChI is InChI=1S/C27H25FN2O/c28-27-23-18-22(14-15-24(23)30(29-27)16-17-31)26(20-10-5-2-6-11-20)25(21-12-7-13-21)19-8-3-1-4-9-19/h1-6,8-11,14-15,18,21,31H,7,12-13,16-17H2/b26-25-. The van der Waals surface area contributed by atoms with Crippen LogP contribution in [0.5, 0.6) is 0 Å². The van der Waals surface area contributed by atoms with Gasteiger partial charge in [-0.15, -0.1) is 5.10 Å². The molecule has 1 aromatic heterocycles. The lowest BCUT2D eigenvalue weighted by molar-refractivity contribution is 0.270. The van der Waals surface area contributed by atoms with Gasteiger partial charge in [0, 0.05) is 0 Å². The third kappa shape index (κ3) is 3.68. The molecule has 1 aliphatic carbocycles. The molecule has 1 N–H and O–H groups in total. The first-order valence-electron chi connectivity index (χ1n) is 10.9. The van der Waals surface area contributed by atoms with Crippen LogP contribution >= 0.6 is 0 Å². The summed E-state index contributed by atoms with van der Waals surface area (Å²) in [5, 5.41) is 13.8. The summed E-state index contributed by atoms with van der Waals surface area (Å²) in [7, 11) is 0. The second-order valence-corrected chi connectivity index (χ2v) is 8.12. The molecule has 0 atom stereocenters. The van der Waals surface area contributed by atoms with Gasteiger partial charge >= 0.3 is 0 Å². The largest absolute Gasteiger partial charge is 0.394 e. The molecule has 31 heavy (non-hydrogen) atoms. The first-order chi connectivity index (χ1) is 15.3. The summed E-state index contributed by atoms with van der Waals surface area (Å²) in [4.78, 5) is 0. The Hall–Kier alpha value is -3.24. The van der Waals surface area contributed by atoms with Crippen LogP contribution in [0.15, 0.2) is 78.9 Å². The predicted octanol–water partition coefficient (Wildman–Crippen LogP) is 5.93. The Morgan fingerprint density at radius 2 is 1.58 bits per heavy atom. The monoisotopic (exact) mass is 412 g/mol. The van der Waals surface area contributed by atoms with Gasteiger partial charge in [-0.1, -0.05) is 73.2 Å². The van der Waals surface area contributed by atoms with Crippen molar-refractivity contribution in [3.05, 3.63) is 102 Å². The Bertz CT molecular complexity index is 1220. The van der Waals surface area contributed by atoms with Crippen molar-refractivity contribution in [2.45, 2.75) is 25.8 Å². The SMILES string of the molecule is OCCn1nc(F)c2cc(/C(=C(/c3ccccc3)C3CCC3)c3ccccc3)ccc21. The fourth-order valence-electron chi connectivity index (χ4n) is 4.54. The molecule has 0 unspecified atom stereocenters. The van der Waals surface area contributed by atoms with E-state index in [0.29, 0.717) is 16.8 Å². The fraction of sp³-hybridized carbons (Fsp3) is 0.222. The maximum Gasteiger partial charge on any atom is 0.240 e. The zero-order valence-corrected chi connectivity index (χ0v) is 17.3. The lowest BCUT2D eigenvalue weighted by Gasteiger charge is -2.31. The Labute approximate surface area is 181 Å². The number of fused-ring (bicyclic) bond motifs is 1. The van der Waals surface area contributed by atoms with Gasteiger partial charge in [-0.3, -0.25) is 4.68 Å². The van der Waals surface area contributed by atoms with Crippen LogP contribution in [0.25, 0.3) is 22.0 Å². The van der Waals surface area contributed by atoms with E-state index in [-0.39, 0.29) is 13.2 Å². The van der Waals surface area contributed by atoms with Crippen molar-refractivity contribution in [2.75, 3.05) is 6.61 Å². The topological polar surface area (TPSA) is 38.0 Å². The number of aliphatic hydroxyl groups is 1. The van der Waals surface area contributed by atoms with E-state index in [1.54, 1.807) is 0 Å². The molecule has 0 saturated heterocycles. The molecule has 156 valence electrons. The average Bonchev–Trinajstić information content (AvgIpc) is 3.09. The zero-order valence-electron chi connectivity index (χ0n) is 17.3. The third-order valence-corrected chi connectivity index (χ3v) is 6.24. The highest BCUT2D eigenvalue weighted by molar-refractivity contribution is 6.01. The van der Waals surface area contributed by atoms with Gasteiger partial charge in [0.15, 0.2) is 0 Å². The van der Waals surface area contributed by atoms with Crippen molar-refractivity contribution in [3.8, 4) is 0 Å². The molecule has 5 rings (SSSR count). The van der Waals surface area contributed by atoms with Gasteiger partial charge in [-0.25, -0.2) is 0 Å². The van der Waals surface area contributed by atoms with E-state index >= 15 is 0 Å². The summed E-state index contributed by atoms with van der Waals surface area (Å²) in [5.41, 5.74) is 6.55. The van der Waals surface area contributed by atoms with E-state index < -0.39 is 5.95 Å². The van der Waals surface area contributed by atoms with E-state index in [1.807, 2.05) is 24.3 Å². The normalized spacial score (nSPS) is 15.0. The third-order valence-electron chi connectivity index (χ3n) is 6.24.